The lowest BCUT2D eigenvalue weighted by Gasteiger charge is -2.34. The summed E-state index contributed by atoms with van der Waals surface area (Å²) >= 11 is 2.81. The van der Waals surface area contributed by atoms with Crippen molar-refractivity contribution >= 4 is 39.6 Å². The second-order valence-electron chi connectivity index (χ2n) is 7.59. The predicted octanol–water partition coefficient (Wildman–Crippen LogP) is 5.53. The second-order valence-corrected chi connectivity index (χ2v) is 9.59. The zero-order valence-electron chi connectivity index (χ0n) is 16.9. The zero-order valence-corrected chi connectivity index (χ0v) is 18.5. The molecule has 0 aromatic carbocycles. The van der Waals surface area contributed by atoms with Crippen molar-refractivity contribution in [3.8, 4) is 0 Å². The number of thiophene rings is 2. The van der Waals surface area contributed by atoms with Gasteiger partial charge in [-0.3, -0.25) is 4.79 Å². The van der Waals surface area contributed by atoms with E-state index in [1.54, 1.807) is 13.0 Å². The van der Waals surface area contributed by atoms with E-state index in [2.05, 4.69) is 33.0 Å². The van der Waals surface area contributed by atoms with Crippen molar-refractivity contribution in [3.05, 3.63) is 38.4 Å². The lowest BCUT2D eigenvalue weighted by atomic mass is 9.89. The van der Waals surface area contributed by atoms with E-state index in [4.69, 9.17) is 9.47 Å². The number of amides is 1. The van der Waals surface area contributed by atoms with Crippen LogP contribution in [0, 0.1) is 11.8 Å². The third-order valence-corrected chi connectivity index (χ3v) is 6.90. The molecule has 0 spiro atoms. The highest BCUT2D eigenvalue weighted by atomic mass is 32.1. The van der Waals surface area contributed by atoms with Gasteiger partial charge in [0.2, 0.25) is 0 Å². The lowest BCUT2D eigenvalue weighted by molar-refractivity contribution is -0.0671. The minimum Gasteiger partial charge on any atom is -0.462 e. The third kappa shape index (κ3) is 4.16. The van der Waals surface area contributed by atoms with Gasteiger partial charge < -0.3 is 14.8 Å². The SMILES string of the molecule is CCOC(=O)c1c(NC(=O)c2cccs2)sc2c1C[C@H](C(C)C)O[C@@H]2C(C)C. The van der Waals surface area contributed by atoms with Crippen molar-refractivity contribution in [1.29, 1.82) is 0 Å². The van der Waals surface area contributed by atoms with Crippen molar-refractivity contribution in [2.24, 2.45) is 11.8 Å². The molecule has 1 aliphatic heterocycles. The van der Waals surface area contributed by atoms with Gasteiger partial charge in [0.05, 0.1) is 29.3 Å². The van der Waals surface area contributed by atoms with Gasteiger partial charge in [-0.05, 0) is 35.8 Å². The van der Waals surface area contributed by atoms with Gasteiger partial charge >= 0.3 is 5.97 Å². The minimum absolute atomic E-state index is 0.0310. The molecule has 0 bridgehead atoms. The van der Waals surface area contributed by atoms with E-state index in [0.717, 1.165) is 10.4 Å². The Hall–Kier alpha value is -1.70. The van der Waals surface area contributed by atoms with Crippen LogP contribution in [0.2, 0.25) is 0 Å². The van der Waals surface area contributed by atoms with Crippen LogP contribution in [-0.4, -0.2) is 24.6 Å². The molecule has 2 aromatic heterocycles. The Morgan fingerprint density at radius 1 is 1.29 bits per heavy atom. The topological polar surface area (TPSA) is 64.6 Å². The van der Waals surface area contributed by atoms with E-state index < -0.39 is 0 Å². The number of fused-ring (bicyclic) bond motifs is 1. The first kappa shape index (κ1) is 21.0. The van der Waals surface area contributed by atoms with Crippen molar-refractivity contribution in [2.75, 3.05) is 11.9 Å². The molecule has 7 heteroatoms. The maximum Gasteiger partial charge on any atom is 0.341 e. The molecular weight excluding hydrogens is 394 g/mol. The Bertz CT molecular complexity index is 839. The fourth-order valence-electron chi connectivity index (χ4n) is 3.35. The maximum absolute atomic E-state index is 12.8. The Morgan fingerprint density at radius 2 is 2.04 bits per heavy atom. The summed E-state index contributed by atoms with van der Waals surface area (Å²) in [5.74, 6) is -0.00156. The summed E-state index contributed by atoms with van der Waals surface area (Å²) in [6.45, 7) is 10.6. The number of hydrogen-bond acceptors (Lipinski definition) is 6. The first-order valence-electron chi connectivity index (χ1n) is 9.66. The maximum atomic E-state index is 12.8. The van der Waals surface area contributed by atoms with Crippen LogP contribution in [0.1, 0.15) is 71.2 Å². The van der Waals surface area contributed by atoms with Crippen LogP contribution >= 0.6 is 22.7 Å². The van der Waals surface area contributed by atoms with Gasteiger partial charge in [-0.1, -0.05) is 33.8 Å². The predicted molar refractivity (Wildman–Crippen MR) is 114 cm³/mol. The van der Waals surface area contributed by atoms with Crippen molar-refractivity contribution in [3.63, 3.8) is 0 Å². The number of nitrogens with one attached hydrogen (secondary N) is 1. The number of carbonyl (C=O) groups excluding carboxylic acids is 2. The summed E-state index contributed by atoms with van der Waals surface area (Å²) in [5.41, 5.74) is 1.46. The van der Waals surface area contributed by atoms with Crippen LogP contribution in [0.3, 0.4) is 0 Å². The van der Waals surface area contributed by atoms with E-state index in [1.807, 2.05) is 11.4 Å². The Morgan fingerprint density at radius 3 is 2.61 bits per heavy atom. The van der Waals surface area contributed by atoms with Gasteiger partial charge in [-0.25, -0.2) is 4.79 Å². The van der Waals surface area contributed by atoms with Gasteiger partial charge in [0.1, 0.15) is 5.00 Å². The fourth-order valence-corrected chi connectivity index (χ4v) is 5.39. The van der Waals surface area contributed by atoms with E-state index in [1.165, 1.54) is 22.7 Å². The molecule has 1 amide bonds. The summed E-state index contributed by atoms with van der Waals surface area (Å²) in [6.07, 6.45) is 0.584. The Balaban J connectivity index is 2.06. The van der Waals surface area contributed by atoms with Crippen LogP contribution in [0.15, 0.2) is 17.5 Å². The standard InChI is InChI=1S/C21H27NO4S2/c1-6-25-21(24)16-13-10-14(11(2)3)26-17(12(4)5)18(13)28-20(16)22-19(23)15-8-7-9-27-15/h7-9,11-12,14,17H,6,10H2,1-5H3,(H,22,23)/t14-,17-/m1/s1. The third-order valence-electron chi connectivity index (χ3n) is 4.82. The average molecular weight is 422 g/mol. The van der Waals surface area contributed by atoms with Crippen LogP contribution < -0.4 is 5.32 Å². The monoisotopic (exact) mass is 421 g/mol. The largest absolute Gasteiger partial charge is 0.462 e. The highest BCUT2D eigenvalue weighted by molar-refractivity contribution is 7.17. The highest BCUT2D eigenvalue weighted by Crippen LogP contribution is 2.46. The van der Waals surface area contributed by atoms with Crippen LogP contribution in [0.4, 0.5) is 5.00 Å². The van der Waals surface area contributed by atoms with Crippen LogP contribution in [0.25, 0.3) is 0 Å². The molecule has 5 nitrogen and oxygen atoms in total. The summed E-state index contributed by atoms with van der Waals surface area (Å²) in [6, 6.07) is 3.60. The molecule has 28 heavy (non-hydrogen) atoms. The highest BCUT2D eigenvalue weighted by Gasteiger charge is 2.38. The molecule has 2 aromatic rings. The van der Waals surface area contributed by atoms with Crippen LogP contribution in [-0.2, 0) is 15.9 Å². The fraction of sp³-hybridized carbons (Fsp3) is 0.524. The number of rotatable bonds is 6. The Labute approximate surface area is 174 Å². The molecule has 0 fully saturated rings. The first-order chi connectivity index (χ1) is 13.3. The number of carbonyl (C=O) groups is 2. The average Bonchev–Trinajstić information content (AvgIpc) is 3.28. The summed E-state index contributed by atoms with van der Waals surface area (Å²) in [5, 5.41) is 5.36. The molecule has 3 rings (SSSR count). The van der Waals surface area contributed by atoms with Gasteiger partial charge in [-0.15, -0.1) is 22.7 Å². The van der Waals surface area contributed by atoms with Gasteiger partial charge in [0.25, 0.3) is 5.91 Å². The quantitative estimate of drug-likeness (QED) is 0.623. The van der Waals surface area contributed by atoms with Crippen molar-refractivity contribution < 1.29 is 19.1 Å². The van der Waals surface area contributed by atoms with Gasteiger partial charge in [0, 0.05) is 11.3 Å². The number of anilines is 1. The number of hydrogen-bond donors (Lipinski definition) is 1. The zero-order chi connectivity index (χ0) is 20.4. The molecule has 2 atom stereocenters. The molecular formula is C21H27NO4S2. The molecule has 0 saturated heterocycles. The summed E-state index contributed by atoms with van der Waals surface area (Å²) < 4.78 is 11.7. The molecule has 3 heterocycles. The lowest BCUT2D eigenvalue weighted by Crippen LogP contribution is -2.32. The summed E-state index contributed by atoms with van der Waals surface area (Å²) in [4.78, 5) is 27.1. The van der Waals surface area contributed by atoms with Crippen molar-refractivity contribution in [2.45, 2.75) is 53.2 Å². The molecule has 0 saturated carbocycles. The second kappa shape index (κ2) is 8.76. The normalized spacial score (nSPS) is 19.0. The van der Waals surface area contributed by atoms with E-state index in [9.17, 15) is 9.59 Å². The van der Waals surface area contributed by atoms with Crippen LogP contribution in [0.5, 0.6) is 0 Å². The van der Waals surface area contributed by atoms with E-state index in [0.29, 0.717) is 34.4 Å². The molecule has 0 radical (unpaired) electrons. The molecule has 1 N–H and O–H groups in total. The molecule has 0 unspecified atom stereocenters. The Kier molecular flexibility index (Phi) is 6.58. The minimum atomic E-state index is -0.381. The smallest absolute Gasteiger partial charge is 0.341 e. The molecule has 0 aliphatic carbocycles. The first-order valence-corrected chi connectivity index (χ1v) is 11.4. The number of esters is 1. The van der Waals surface area contributed by atoms with Gasteiger partial charge in [-0.2, -0.15) is 0 Å². The molecule has 152 valence electrons. The van der Waals surface area contributed by atoms with E-state index in [-0.39, 0.29) is 30.0 Å². The molecule has 1 aliphatic rings. The van der Waals surface area contributed by atoms with Crippen molar-refractivity contribution in [1.82, 2.24) is 0 Å². The van der Waals surface area contributed by atoms with Gasteiger partial charge in [0.15, 0.2) is 0 Å². The van der Waals surface area contributed by atoms with E-state index >= 15 is 0 Å². The number of ether oxygens (including phenoxy) is 2. The summed E-state index contributed by atoms with van der Waals surface area (Å²) in [7, 11) is 0.